The number of amides is 1. The molecule has 1 amide bonds. The zero-order valence-corrected chi connectivity index (χ0v) is 23.9. The standard InChI is InChI=1S/C26H27Cl2N3O5S2/c1-17-11-13-31(14-12-17)38(35,36)22-7-3-18(2)23(16-22)26(32)29-20-5-8-21(9-6-20)37(33,34)30-25-10-4-19(27)15-24(25)28/h3-10,15-17,30H,11-14H2,1-2H3,(H,29,32). The molecular formula is C26H27Cl2N3O5S2. The predicted octanol–water partition coefficient (Wildman–Crippen LogP) is 5.78. The van der Waals surface area contributed by atoms with Crippen LogP contribution in [0.2, 0.25) is 10.0 Å². The van der Waals surface area contributed by atoms with Gasteiger partial charge in [0.05, 0.1) is 20.5 Å². The molecule has 202 valence electrons. The van der Waals surface area contributed by atoms with E-state index in [0.29, 0.717) is 35.3 Å². The summed E-state index contributed by atoms with van der Waals surface area (Å²) in [7, 11) is -7.67. The summed E-state index contributed by atoms with van der Waals surface area (Å²) in [6.07, 6.45) is 1.60. The molecule has 1 aliphatic heterocycles. The van der Waals surface area contributed by atoms with Crippen molar-refractivity contribution in [2.45, 2.75) is 36.5 Å². The second kappa shape index (κ2) is 11.2. The topological polar surface area (TPSA) is 113 Å². The first-order valence-electron chi connectivity index (χ1n) is 11.9. The minimum atomic E-state index is -3.95. The Labute approximate surface area is 233 Å². The van der Waals surface area contributed by atoms with E-state index in [1.165, 1.54) is 58.9 Å². The maximum atomic E-state index is 13.2. The number of sulfonamides is 2. The molecule has 3 aromatic rings. The Kier molecular flexibility index (Phi) is 8.39. The molecule has 38 heavy (non-hydrogen) atoms. The van der Waals surface area contributed by atoms with Gasteiger partial charge in [0, 0.05) is 29.4 Å². The molecule has 0 radical (unpaired) electrons. The molecule has 4 rings (SSSR count). The zero-order chi connectivity index (χ0) is 27.7. The summed E-state index contributed by atoms with van der Waals surface area (Å²) in [5.74, 6) is -0.0262. The number of hydrogen-bond acceptors (Lipinski definition) is 5. The number of rotatable bonds is 7. The van der Waals surface area contributed by atoms with Crippen molar-refractivity contribution in [3.63, 3.8) is 0 Å². The lowest BCUT2D eigenvalue weighted by Crippen LogP contribution is -2.38. The second-order valence-corrected chi connectivity index (χ2v) is 13.7. The minimum Gasteiger partial charge on any atom is -0.322 e. The molecule has 1 saturated heterocycles. The Balaban J connectivity index is 1.50. The lowest BCUT2D eigenvalue weighted by atomic mass is 10.0. The van der Waals surface area contributed by atoms with Crippen LogP contribution in [0, 0.1) is 12.8 Å². The fourth-order valence-corrected chi connectivity index (χ4v) is 7.16. The van der Waals surface area contributed by atoms with E-state index in [9.17, 15) is 21.6 Å². The lowest BCUT2D eigenvalue weighted by Gasteiger charge is -2.29. The highest BCUT2D eigenvalue weighted by molar-refractivity contribution is 7.92. The van der Waals surface area contributed by atoms with E-state index in [-0.39, 0.29) is 26.1 Å². The van der Waals surface area contributed by atoms with Gasteiger partial charge in [-0.3, -0.25) is 9.52 Å². The third kappa shape index (κ3) is 6.32. The summed E-state index contributed by atoms with van der Waals surface area (Å²) in [6, 6.07) is 14.5. The van der Waals surface area contributed by atoms with Gasteiger partial charge in [0.25, 0.3) is 15.9 Å². The molecule has 0 aromatic heterocycles. The Bertz CT molecular complexity index is 1570. The van der Waals surface area contributed by atoms with Crippen molar-refractivity contribution in [1.82, 2.24) is 4.31 Å². The monoisotopic (exact) mass is 595 g/mol. The van der Waals surface area contributed by atoms with Crippen LogP contribution in [0.3, 0.4) is 0 Å². The molecule has 1 aliphatic rings. The molecule has 3 aromatic carbocycles. The maximum absolute atomic E-state index is 13.2. The van der Waals surface area contributed by atoms with Crippen molar-refractivity contribution < 1.29 is 21.6 Å². The molecule has 12 heteroatoms. The fourth-order valence-electron chi connectivity index (χ4n) is 4.07. The Morgan fingerprint density at radius 2 is 1.53 bits per heavy atom. The van der Waals surface area contributed by atoms with E-state index >= 15 is 0 Å². The fraction of sp³-hybridized carbons (Fsp3) is 0.269. The highest BCUT2D eigenvalue weighted by Crippen LogP contribution is 2.28. The molecule has 8 nitrogen and oxygen atoms in total. The van der Waals surface area contributed by atoms with E-state index in [0.717, 1.165) is 12.8 Å². The molecule has 0 unspecified atom stereocenters. The van der Waals surface area contributed by atoms with Crippen LogP contribution >= 0.6 is 23.2 Å². The van der Waals surface area contributed by atoms with Crippen LogP contribution in [0.15, 0.2) is 70.5 Å². The van der Waals surface area contributed by atoms with E-state index in [2.05, 4.69) is 17.0 Å². The Morgan fingerprint density at radius 3 is 2.16 bits per heavy atom. The lowest BCUT2D eigenvalue weighted by molar-refractivity contribution is 0.102. The number of anilines is 2. The van der Waals surface area contributed by atoms with Crippen LogP contribution in [0.1, 0.15) is 35.7 Å². The molecule has 0 bridgehead atoms. The van der Waals surface area contributed by atoms with Gasteiger partial charge in [-0.05, 0) is 85.8 Å². The first kappa shape index (κ1) is 28.4. The van der Waals surface area contributed by atoms with Crippen molar-refractivity contribution >= 4 is 60.5 Å². The Hall–Kier alpha value is -2.63. The van der Waals surface area contributed by atoms with Gasteiger partial charge < -0.3 is 5.32 Å². The summed E-state index contributed by atoms with van der Waals surface area (Å²) in [4.78, 5) is 13.1. The first-order valence-corrected chi connectivity index (χ1v) is 15.5. The van der Waals surface area contributed by atoms with Gasteiger partial charge in [-0.25, -0.2) is 16.8 Å². The van der Waals surface area contributed by atoms with Crippen molar-refractivity contribution in [3.05, 3.63) is 81.8 Å². The van der Waals surface area contributed by atoms with E-state index in [4.69, 9.17) is 23.2 Å². The average Bonchev–Trinajstić information content (AvgIpc) is 2.86. The van der Waals surface area contributed by atoms with E-state index in [1.54, 1.807) is 13.0 Å². The number of nitrogens with one attached hydrogen (secondary N) is 2. The van der Waals surface area contributed by atoms with Crippen molar-refractivity contribution in [2.24, 2.45) is 5.92 Å². The van der Waals surface area contributed by atoms with Gasteiger partial charge in [0.15, 0.2) is 0 Å². The quantitative estimate of drug-likeness (QED) is 0.359. The van der Waals surface area contributed by atoms with Crippen molar-refractivity contribution in [3.8, 4) is 0 Å². The number of carbonyl (C=O) groups excluding carboxylic acids is 1. The van der Waals surface area contributed by atoms with Gasteiger partial charge in [0.2, 0.25) is 10.0 Å². The summed E-state index contributed by atoms with van der Waals surface area (Å²) < 4.78 is 55.7. The summed E-state index contributed by atoms with van der Waals surface area (Å²) in [5, 5.41) is 3.23. The van der Waals surface area contributed by atoms with Crippen LogP contribution in [0.5, 0.6) is 0 Å². The molecule has 1 fully saturated rings. The number of piperidine rings is 1. The smallest absolute Gasteiger partial charge is 0.261 e. The summed E-state index contributed by atoms with van der Waals surface area (Å²) in [6.45, 7) is 4.73. The SMILES string of the molecule is Cc1ccc(S(=O)(=O)N2CCC(C)CC2)cc1C(=O)Nc1ccc(S(=O)(=O)Nc2ccc(Cl)cc2Cl)cc1. The average molecular weight is 597 g/mol. The van der Waals surface area contributed by atoms with E-state index in [1.807, 2.05) is 0 Å². The molecule has 1 heterocycles. The summed E-state index contributed by atoms with van der Waals surface area (Å²) >= 11 is 11.9. The normalized spacial score (nSPS) is 15.3. The van der Waals surface area contributed by atoms with Gasteiger partial charge in [0.1, 0.15) is 0 Å². The second-order valence-electron chi connectivity index (χ2n) is 9.27. The highest BCUT2D eigenvalue weighted by Gasteiger charge is 2.29. The number of halogens is 2. The van der Waals surface area contributed by atoms with Gasteiger partial charge in [-0.2, -0.15) is 4.31 Å². The van der Waals surface area contributed by atoms with Crippen LogP contribution in [-0.2, 0) is 20.0 Å². The predicted molar refractivity (Wildman–Crippen MR) is 150 cm³/mol. The maximum Gasteiger partial charge on any atom is 0.261 e. The Morgan fingerprint density at radius 1 is 0.895 bits per heavy atom. The third-order valence-corrected chi connectivity index (χ3v) is 10.3. The molecular weight excluding hydrogens is 569 g/mol. The molecule has 0 spiro atoms. The van der Waals surface area contributed by atoms with Crippen LogP contribution in [0.4, 0.5) is 11.4 Å². The van der Waals surface area contributed by atoms with Gasteiger partial charge >= 0.3 is 0 Å². The highest BCUT2D eigenvalue weighted by atomic mass is 35.5. The van der Waals surface area contributed by atoms with E-state index < -0.39 is 26.0 Å². The first-order chi connectivity index (χ1) is 17.9. The van der Waals surface area contributed by atoms with Crippen LogP contribution in [0.25, 0.3) is 0 Å². The number of benzene rings is 3. The zero-order valence-electron chi connectivity index (χ0n) is 20.7. The largest absolute Gasteiger partial charge is 0.322 e. The molecule has 0 saturated carbocycles. The summed E-state index contributed by atoms with van der Waals surface area (Å²) in [5.41, 5.74) is 1.35. The van der Waals surface area contributed by atoms with Crippen molar-refractivity contribution in [2.75, 3.05) is 23.1 Å². The number of nitrogens with zero attached hydrogens (tertiary/aromatic N) is 1. The number of aryl methyl sites for hydroxylation is 1. The minimum absolute atomic E-state index is 0.0402. The molecule has 2 N–H and O–H groups in total. The van der Waals surface area contributed by atoms with Crippen LogP contribution < -0.4 is 10.0 Å². The van der Waals surface area contributed by atoms with Gasteiger partial charge in [-0.15, -0.1) is 0 Å². The molecule has 0 aliphatic carbocycles. The van der Waals surface area contributed by atoms with Crippen LogP contribution in [-0.4, -0.2) is 40.1 Å². The third-order valence-electron chi connectivity index (χ3n) is 6.43. The molecule has 0 atom stereocenters. The van der Waals surface area contributed by atoms with Gasteiger partial charge in [-0.1, -0.05) is 36.2 Å². The van der Waals surface area contributed by atoms with Crippen molar-refractivity contribution in [1.29, 1.82) is 0 Å². The number of carbonyl (C=O) groups is 1. The number of hydrogen-bond donors (Lipinski definition) is 2.